The normalized spacial score (nSPS) is 24.4. The number of carbonyl (C=O) groups is 1. The van der Waals surface area contributed by atoms with Gasteiger partial charge >= 0.3 is 47.6 Å². The lowest BCUT2D eigenvalue weighted by Gasteiger charge is -2.42. The molecule has 280 valence electrons. The molecular formula is C22H26F17NO7. The van der Waals surface area contributed by atoms with Crippen molar-refractivity contribution < 1.29 is 109 Å². The Labute approximate surface area is 252 Å². The first-order chi connectivity index (χ1) is 20.9. The van der Waals surface area contributed by atoms with Crippen LogP contribution < -0.4 is 5.32 Å². The summed E-state index contributed by atoms with van der Waals surface area (Å²) in [7, 11) is 0. The Morgan fingerprint density at radius 3 is 1.57 bits per heavy atom. The predicted octanol–water partition coefficient (Wildman–Crippen LogP) is 4.14. The zero-order valence-electron chi connectivity index (χ0n) is 23.2. The first kappa shape index (κ1) is 43.1. The molecule has 1 aliphatic rings. The van der Waals surface area contributed by atoms with Crippen LogP contribution in [0.15, 0.2) is 0 Å². The number of ether oxygens (including phenoxy) is 3. The summed E-state index contributed by atoms with van der Waals surface area (Å²) < 4.78 is 241. The van der Waals surface area contributed by atoms with Crippen molar-refractivity contribution in [2.45, 2.75) is 104 Å². The Morgan fingerprint density at radius 2 is 1.13 bits per heavy atom. The number of unbranched alkanes of at least 4 members (excludes halogenated alkanes) is 1. The molecular weight excluding hydrogens is 713 g/mol. The lowest BCUT2D eigenvalue weighted by Crippen LogP contribution is -2.74. The van der Waals surface area contributed by atoms with E-state index in [1.54, 1.807) is 0 Å². The van der Waals surface area contributed by atoms with Gasteiger partial charge in [-0.2, -0.15) is 74.6 Å². The van der Waals surface area contributed by atoms with Gasteiger partial charge < -0.3 is 34.8 Å². The van der Waals surface area contributed by atoms with E-state index < -0.39 is 110 Å². The fourth-order valence-corrected chi connectivity index (χ4v) is 3.77. The minimum atomic E-state index is -8.69. The molecule has 1 amide bonds. The lowest BCUT2D eigenvalue weighted by molar-refractivity contribution is -0.462. The molecule has 47 heavy (non-hydrogen) atoms. The third-order valence-electron chi connectivity index (χ3n) is 6.56. The molecule has 1 heterocycles. The standard InChI is InChI=1S/C22H26F17NO7/c1-9(42)40-11-13(44)12(43)10(8-41)47-14(11)46-6-3-2-5-45-7-4-15(23,24)16(25,26)17(27,28)18(29,30)19(31,32)20(33,34)21(35,36)22(37,38)39/h10-14,41,43-44H,2-8H2,1H3,(H,40,42)/t10-,11-,12-,13-,14-/m1/s1. The van der Waals surface area contributed by atoms with E-state index in [4.69, 9.17) is 9.47 Å². The largest absolute Gasteiger partial charge is 0.460 e. The lowest BCUT2D eigenvalue weighted by atomic mass is 9.88. The number of hydrogen-bond acceptors (Lipinski definition) is 7. The second-order valence-corrected chi connectivity index (χ2v) is 10.0. The van der Waals surface area contributed by atoms with E-state index in [-0.39, 0.29) is 19.4 Å². The van der Waals surface area contributed by atoms with E-state index in [1.165, 1.54) is 0 Å². The summed E-state index contributed by atoms with van der Waals surface area (Å²) in [5.74, 6) is -57.5. The van der Waals surface area contributed by atoms with Crippen molar-refractivity contribution in [1.82, 2.24) is 5.32 Å². The number of halogens is 17. The van der Waals surface area contributed by atoms with Crippen LogP contribution in [0.2, 0.25) is 0 Å². The molecule has 1 saturated heterocycles. The third kappa shape index (κ3) is 7.94. The topological polar surface area (TPSA) is 117 Å². The molecule has 25 heteroatoms. The zero-order valence-corrected chi connectivity index (χ0v) is 23.2. The number of alkyl halides is 17. The molecule has 1 rings (SSSR count). The number of hydrogen-bond donors (Lipinski definition) is 4. The van der Waals surface area contributed by atoms with Crippen molar-refractivity contribution in [1.29, 1.82) is 0 Å². The first-order valence-corrected chi connectivity index (χ1v) is 12.7. The van der Waals surface area contributed by atoms with Crippen LogP contribution >= 0.6 is 0 Å². The SMILES string of the molecule is CC(=O)N[C@H]1[C@H](OCCCCOCCC(F)(F)C(F)(F)C(F)(F)C(F)(F)C(F)(F)C(F)(F)C(F)(F)C(F)(F)F)O[C@H](CO)[C@@H](O)[C@@H]1O. The molecule has 1 aliphatic heterocycles. The minimum absolute atomic E-state index is 0.155. The zero-order chi connectivity index (χ0) is 37.2. The van der Waals surface area contributed by atoms with E-state index in [2.05, 4.69) is 10.1 Å². The van der Waals surface area contributed by atoms with Crippen molar-refractivity contribution >= 4 is 5.91 Å². The molecule has 1 fully saturated rings. The average molecular weight is 739 g/mol. The molecule has 0 radical (unpaired) electrons. The molecule has 0 bridgehead atoms. The molecule has 0 saturated carbocycles. The van der Waals surface area contributed by atoms with E-state index in [9.17, 15) is 94.8 Å². The maximum absolute atomic E-state index is 13.9. The number of amides is 1. The molecule has 0 spiro atoms. The van der Waals surface area contributed by atoms with E-state index >= 15 is 0 Å². The van der Waals surface area contributed by atoms with Crippen LogP contribution in [0.1, 0.15) is 26.2 Å². The van der Waals surface area contributed by atoms with E-state index in [1.807, 2.05) is 0 Å². The Bertz CT molecular complexity index is 1040. The number of carbonyl (C=O) groups excluding carboxylic acids is 1. The van der Waals surface area contributed by atoms with Gasteiger partial charge in [-0.15, -0.1) is 0 Å². The van der Waals surface area contributed by atoms with Gasteiger partial charge in [0, 0.05) is 26.6 Å². The summed E-state index contributed by atoms with van der Waals surface area (Å²) in [6, 6.07) is -1.37. The Hall–Kier alpha value is -1.96. The van der Waals surface area contributed by atoms with Gasteiger partial charge in [0.25, 0.3) is 0 Å². The monoisotopic (exact) mass is 739 g/mol. The van der Waals surface area contributed by atoms with E-state index in [0.29, 0.717) is 0 Å². The predicted molar refractivity (Wildman–Crippen MR) is 117 cm³/mol. The summed E-state index contributed by atoms with van der Waals surface area (Å²) in [4.78, 5) is 11.3. The van der Waals surface area contributed by atoms with Crippen LogP contribution in [0.3, 0.4) is 0 Å². The van der Waals surface area contributed by atoms with Gasteiger partial charge in [0.15, 0.2) is 6.29 Å². The summed E-state index contributed by atoms with van der Waals surface area (Å²) in [5.41, 5.74) is 0. The second-order valence-electron chi connectivity index (χ2n) is 10.0. The highest BCUT2D eigenvalue weighted by Gasteiger charge is 2.95. The van der Waals surface area contributed by atoms with Crippen molar-refractivity contribution in [2.24, 2.45) is 0 Å². The summed E-state index contributed by atoms with van der Waals surface area (Å²) in [6.45, 7) is -2.65. The number of nitrogens with one attached hydrogen (secondary N) is 1. The molecule has 0 aliphatic carbocycles. The molecule has 0 aromatic heterocycles. The van der Waals surface area contributed by atoms with Gasteiger partial charge in [0.1, 0.15) is 24.4 Å². The minimum Gasteiger partial charge on any atom is -0.394 e. The van der Waals surface area contributed by atoms with Gasteiger partial charge in [0.05, 0.1) is 13.2 Å². The van der Waals surface area contributed by atoms with Crippen molar-refractivity contribution in [3.05, 3.63) is 0 Å². The molecule has 5 atom stereocenters. The summed E-state index contributed by atoms with van der Waals surface area (Å²) in [6.07, 6.45) is -17.2. The van der Waals surface area contributed by atoms with Crippen LogP contribution in [-0.2, 0) is 19.0 Å². The summed E-state index contributed by atoms with van der Waals surface area (Å²) in [5, 5.41) is 31.4. The van der Waals surface area contributed by atoms with Gasteiger partial charge in [-0.25, -0.2) is 0 Å². The quantitative estimate of drug-likeness (QED) is 0.131. The van der Waals surface area contributed by atoms with Crippen LogP contribution in [0.4, 0.5) is 74.6 Å². The number of aliphatic hydroxyl groups is 3. The van der Waals surface area contributed by atoms with E-state index in [0.717, 1.165) is 6.92 Å². The Kier molecular flexibility index (Phi) is 13.3. The number of rotatable bonds is 17. The van der Waals surface area contributed by atoms with Gasteiger partial charge in [-0.05, 0) is 12.8 Å². The molecule has 0 unspecified atom stereocenters. The summed E-state index contributed by atoms with van der Waals surface area (Å²) >= 11 is 0. The Balaban J connectivity index is 2.83. The third-order valence-corrected chi connectivity index (χ3v) is 6.56. The van der Waals surface area contributed by atoms with Crippen LogP contribution in [-0.4, -0.2) is 126 Å². The van der Waals surface area contributed by atoms with Crippen molar-refractivity contribution in [2.75, 3.05) is 26.4 Å². The average Bonchev–Trinajstić information content (AvgIpc) is 2.92. The maximum atomic E-state index is 13.9. The number of aliphatic hydroxyl groups excluding tert-OH is 3. The highest BCUT2D eigenvalue weighted by molar-refractivity contribution is 5.73. The molecule has 0 aromatic rings. The van der Waals surface area contributed by atoms with Crippen LogP contribution in [0.25, 0.3) is 0 Å². The maximum Gasteiger partial charge on any atom is 0.460 e. The molecule has 0 aromatic carbocycles. The van der Waals surface area contributed by atoms with Crippen LogP contribution in [0.5, 0.6) is 0 Å². The van der Waals surface area contributed by atoms with Gasteiger partial charge in [0.2, 0.25) is 5.91 Å². The van der Waals surface area contributed by atoms with Crippen LogP contribution in [0, 0.1) is 0 Å². The first-order valence-electron chi connectivity index (χ1n) is 12.7. The van der Waals surface area contributed by atoms with Gasteiger partial charge in [-0.3, -0.25) is 4.79 Å². The smallest absolute Gasteiger partial charge is 0.394 e. The highest BCUT2D eigenvalue weighted by atomic mass is 19.4. The fourth-order valence-electron chi connectivity index (χ4n) is 3.77. The van der Waals surface area contributed by atoms with Crippen molar-refractivity contribution in [3.63, 3.8) is 0 Å². The second kappa shape index (κ2) is 14.5. The van der Waals surface area contributed by atoms with Gasteiger partial charge in [-0.1, -0.05) is 0 Å². The molecule has 4 N–H and O–H groups in total. The van der Waals surface area contributed by atoms with Crippen molar-refractivity contribution in [3.8, 4) is 0 Å². The highest BCUT2D eigenvalue weighted by Crippen LogP contribution is 2.64. The molecule has 8 nitrogen and oxygen atoms in total. The fraction of sp³-hybridized carbons (Fsp3) is 0.955. The Morgan fingerprint density at radius 1 is 0.681 bits per heavy atom.